The fourth-order valence-electron chi connectivity index (χ4n) is 4.18. The molecule has 0 aromatic heterocycles. The summed E-state index contributed by atoms with van der Waals surface area (Å²) in [7, 11) is 0. The number of benzene rings is 1. The Hall–Kier alpha value is -2.44. The second kappa shape index (κ2) is 10.4. The van der Waals surface area contributed by atoms with Crippen molar-refractivity contribution in [3.63, 3.8) is 0 Å². The van der Waals surface area contributed by atoms with E-state index >= 15 is 0 Å². The van der Waals surface area contributed by atoms with E-state index in [0.29, 0.717) is 31.7 Å². The van der Waals surface area contributed by atoms with Crippen LogP contribution in [0, 0.1) is 17.7 Å². The van der Waals surface area contributed by atoms with Gasteiger partial charge in [-0.15, -0.1) is 0 Å². The molecule has 29 heavy (non-hydrogen) atoms. The van der Waals surface area contributed by atoms with Crippen molar-refractivity contribution < 1.29 is 18.8 Å². The molecule has 1 aliphatic carbocycles. The monoisotopic (exact) mass is 403 g/mol. The molecule has 6 nitrogen and oxygen atoms in total. The largest absolute Gasteiger partial charge is 0.354 e. The first-order valence-corrected chi connectivity index (χ1v) is 10.6. The Balaban J connectivity index is 1.40. The quantitative estimate of drug-likeness (QED) is 0.717. The van der Waals surface area contributed by atoms with Crippen LogP contribution in [-0.2, 0) is 9.59 Å². The third-order valence-corrected chi connectivity index (χ3v) is 5.87. The first kappa shape index (κ1) is 21.3. The zero-order chi connectivity index (χ0) is 20.6. The topological polar surface area (TPSA) is 78.5 Å². The molecule has 0 radical (unpaired) electrons. The fourth-order valence-corrected chi connectivity index (χ4v) is 4.18. The normalized spacial score (nSPS) is 20.2. The molecule has 1 aromatic carbocycles. The summed E-state index contributed by atoms with van der Waals surface area (Å²) in [4.78, 5) is 38.9. The summed E-state index contributed by atoms with van der Waals surface area (Å²) in [6.07, 6.45) is 6.84. The van der Waals surface area contributed by atoms with Crippen LogP contribution < -0.4 is 10.6 Å². The number of piperidine rings is 1. The number of nitrogens with zero attached hydrogens (tertiary/aromatic N) is 1. The molecule has 1 heterocycles. The predicted octanol–water partition coefficient (Wildman–Crippen LogP) is 2.49. The lowest BCUT2D eigenvalue weighted by Crippen LogP contribution is -2.46. The second-order valence-corrected chi connectivity index (χ2v) is 8.01. The van der Waals surface area contributed by atoms with Crippen molar-refractivity contribution in [3.8, 4) is 0 Å². The molecule has 0 spiro atoms. The number of amides is 3. The Labute approximate surface area is 171 Å². The van der Waals surface area contributed by atoms with Crippen molar-refractivity contribution in [1.82, 2.24) is 15.5 Å². The van der Waals surface area contributed by atoms with Crippen molar-refractivity contribution in [2.24, 2.45) is 11.8 Å². The Bertz CT molecular complexity index is 717. The highest BCUT2D eigenvalue weighted by Crippen LogP contribution is 2.23. The van der Waals surface area contributed by atoms with E-state index in [1.807, 2.05) is 0 Å². The summed E-state index contributed by atoms with van der Waals surface area (Å²) in [5.41, 5.74) is 0.429. The number of likely N-dealkylation sites (tertiary alicyclic amines) is 1. The lowest BCUT2D eigenvalue weighted by Gasteiger charge is -2.32. The molecule has 1 unspecified atom stereocenters. The van der Waals surface area contributed by atoms with Gasteiger partial charge in [0.15, 0.2) is 0 Å². The molecule has 2 N–H and O–H groups in total. The minimum atomic E-state index is -0.381. The zero-order valence-electron chi connectivity index (χ0n) is 16.8. The summed E-state index contributed by atoms with van der Waals surface area (Å²) in [5.74, 6) is -0.706. The minimum absolute atomic E-state index is 0.0893. The van der Waals surface area contributed by atoms with Gasteiger partial charge in [0.1, 0.15) is 5.82 Å². The molecule has 2 aliphatic rings. The first-order valence-electron chi connectivity index (χ1n) is 10.6. The van der Waals surface area contributed by atoms with E-state index in [0.717, 1.165) is 38.5 Å². The van der Waals surface area contributed by atoms with Crippen LogP contribution in [0.2, 0.25) is 0 Å². The van der Waals surface area contributed by atoms with E-state index in [1.165, 1.54) is 30.7 Å². The van der Waals surface area contributed by atoms with Crippen molar-refractivity contribution in [1.29, 1.82) is 0 Å². The van der Waals surface area contributed by atoms with Crippen LogP contribution in [0.4, 0.5) is 4.39 Å². The van der Waals surface area contributed by atoms with Gasteiger partial charge in [-0.3, -0.25) is 14.4 Å². The third-order valence-electron chi connectivity index (χ3n) is 5.87. The average Bonchev–Trinajstić information content (AvgIpc) is 2.77. The molecule has 7 heteroatoms. The molecule has 1 atom stereocenters. The maximum Gasteiger partial charge on any atom is 0.253 e. The highest BCUT2D eigenvalue weighted by molar-refractivity contribution is 5.94. The van der Waals surface area contributed by atoms with Gasteiger partial charge in [0.2, 0.25) is 11.8 Å². The lowest BCUT2D eigenvalue weighted by atomic mass is 9.89. The molecular formula is C22H30FN3O3. The summed E-state index contributed by atoms with van der Waals surface area (Å²) in [5, 5.41) is 5.79. The standard InChI is InChI=1S/C22H30FN3O3/c23-19-10-8-17(9-11-19)22(29)26-14-4-7-18(15-26)21(28)25-13-12-24-20(27)16-5-2-1-3-6-16/h8-11,16,18H,1-7,12-15H2,(H,24,27)(H,25,28). The van der Waals surface area contributed by atoms with Gasteiger partial charge >= 0.3 is 0 Å². The smallest absolute Gasteiger partial charge is 0.253 e. The fraction of sp³-hybridized carbons (Fsp3) is 0.591. The zero-order valence-corrected chi connectivity index (χ0v) is 16.8. The van der Waals surface area contributed by atoms with E-state index < -0.39 is 0 Å². The van der Waals surface area contributed by atoms with Crippen LogP contribution in [0.25, 0.3) is 0 Å². The minimum Gasteiger partial charge on any atom is -0.354 e. The van der Waals surface area contributed by atoms with Crippen LogP contribution in [0.15, 0.2) is 24.3 Å². The highest BCUT2D eigenvalue weighted by Gasteiger charge is 2.29. The molecular weight excluding hydrogens is 373 g/mol. The van der Waals surface area contributed by atoms with Gasteiger partial charge in [0.25, 0.3) is 5.91 Å². The van der Waals surface area contributed by atoms with Gasteiger partial charge < -0.3 is 15.5 Å². The first-order chi connectivity index (χ1) is 14.0. The number of carbonyl (C=O) groups excluding carboxylic acids is 3. The van der Waals surface area contributed by atoms with Gasteiger partial charge in [0, 0.05) is 37.7 Å². The third kappa shape index (κ3) is 6.02. The van der Waals surface area contributed by atoms with E-state index in [2.05, 4.69) is 10.6 Å². The van der Waals surface area contributed by atoms with Gasteiger partial charge in [-0.2, -0.15) is 0 Å². The van der Waals surface area contributed by atoms with E-state index in [4.69, 9.17) is 0 Å². The summed E-state index contributed by atoms with van der Waals surface area (Å²) < 4.78 is 13.1. The predicted molar refractivity (Wildman–Crippen MR) is 108 cm³/mol. The number of nitrogens with one attached hydrogen (secondary N) is 2. The molecule has 1 saturated heterocycles. The summed E-state index contributed by atoms with van der Waals surface area (Å²) in [6.45, 7) is 1.76. The van der Waals surface area contributed by atoms with Crippen molar-refractivity contribution in [3.05, 3.63) is 35.6 Å². The highest BCUT2D eigenvalue weighted by atomic mass is 19.1. The molecule has 1 saturated carbocycles. The van der Waals surface area contributed by atoms with Gasteiger partial charge in [0.05, 0.1) is 5.92 Å². The summed E-state index contributed by atoms with van der Waals surface area (Å²) in [6, 6.07) is 5.47. The Morgan fingerprint density at radius 2 is 1.45 bits per heavy atom. The van der Waals surface area contributed by atoms with Gasteiger partial charge in [-0.25, -0.2) is 4.39 Å². The van der Waals surface area contributed by atoms with Crippen LogP contribution in [0.5, 0.6) is 0 Å². The molecule has 3 rings (SSSR count). The maximum absolute atomic E-state index is 13.1. The number of carbonyl (C=O) groups is 3. The van der Waals surface area contributed by atoms with Crippen LogP contribution in [-0.4, -0.2) is 48.8 Å². The van der Waals surface area contributed by atoms with E-state index in [1.54, 1.807) is 4.90 Å². The van der Waals surface area contributed by atoms with Crippen LogP contribution in [0.3, 0.4) is 0 Å². The van der Waals surface area contributed by atoms with Crippen molar-refractivity contribution >= 4 is 17.7 Å². The van der Waals surface area contributed by atoms with Crippen molar-refractivity contribution in [2.75, 3.05) is 26.2 Å². The van der Waals surface area contributed by atoms with E-state index in [9.17, 15) is 18.8 Å². The molecule has 2 fully saturated rings. The Morgan fingerprint density at radius 1 is 0.862 bits per heavy atom. The number of hydrogen-bond acceptors (Lipinski definition) is 3. The number of hydrogen-bond donors (Lipinski definition) is 2. The van der Waals surface area contributed by atoms with Crippen molar-refractivity contribution in [2.45, 2.75) is 44.9 Å². The SMILES string of the molecule is O=C(NCCNC(=O)C1CCCN(C(=O)c2ccc(F)cc2)C1)C1CCCCC1. The van der Waals surface area contributed by atoms with E-state index in [-0.39, 0.29) is 35.4 Å². The Morgan fingerprint density at radius 3 is 2.10 bits per heavy atom. The number of halogens is 1. The molecule has 1 aromatic rings. The Kier molecular flexibility index (Phi) is 7.61. The molecule has 0 bridgehead atoms. The average molecular weight is 403 g/mol. The molecule has 158 valence electrons. The van der Waals surface area contributed by atoms with Crippen LogP contribution in [0.1, 0.15) is 55.3 Å². The number of rotatable bonds is 6. The second-order valence-electron chi connectivity index (χ2n) is 8.01. The maximum atomic E-state index is 13.1. The molecule has 3 amide bonds. The van der Waals surface area contributed by atoms with Gasteiger partial charge in [-0.1, -0.05) is 19.3 Å². The van der Waals surface area contributed by atoms with Crippen LogP contribution >= 0.6 is 0 Å². The summed E-state index contributed by atoms with van der Waals surface area (Å²) >= 11 is 0. The van der Waals surface area contributed by atoms with Gasteiger partial charge in [-0.05, 0) is 49.9 Å². The molecule has 1 aliphatic heterocycles. The lowest BCUT2D eigenvalue weighted by molar-refractivity contribution is -0.128.